The molecule has 6 N–H and O–H groups in total. The highest BCUT2D eigenvalue weighted by atomic mass is 16.3. The first-order valence-corrected chi connectivity index (χ1v) is 7.01. The van der Waals surface area contributed by atoms with Crippen LogP contribution in [0.3, 0.4) is 0 Å². The Labute approximate surface area is 128 Å². The largest absolute Gasteiger partial charge is 0.461 e. The van der Waals surface area contributed by atoms with E-state index in [2.05, 4.69) is 0 Å². The Kier molecular flexibility index (Phi) is 4.85. The smallest absolute Gasteiger partial charge is 0.195 e. The molecule has 0 aliphatic rings. The van der Waals surface area contributed by atoms with E-state index < -0.39 is 0 Å². The van der Waals surface area contributed by atoms with Crippen LogP contribution in [0.2, 0.25) is 0 Å². The van der Waals surface area contributed by atoms with Crippen molar-refractivity contribution in [3.8, 4) is 11.1 Å². The van der Waals surface area contributed by atoms with E-state index in [1.165, 1.54) is 13.2 Å². The molecule has 0 radical (unpaired) electrons. The molecule has 118 valence electrons. The van der Waals surface area contributed by atoms with E-state index in [0.717, 1.165) is 5.56 Å². The summed E-state index contributed by atoms with van der Waals surface area (Å²) in [5.74, 6) is 0.0112. The Morgan fingerprint density at radius 1 is 1.14 bits per heavy atom. The number of hydrogen-bond donors (Lipinski definition) is 4. The minimum Gasteiger partial charge on any atom is -0.461 e. The van der Waals surface area contributed by atoms with Gasteiger partial charge in [0.25, 0.3) is 0 Å². The highest BCUT2D eigenvalue weighted by Gasteiger charge is 2.20. The van der Waals surface area contributed by atoms with Crippen molar-refractivity contribution in [3.63, 3.8) is 0 Å². The predicted octanol–water partition coefficient (Wildman–Crippen LogP) is 1.38. The first-order chi connectivity index (χ1) is 10.5. The molecule has 1 aromatic heterocycles. The number of furan rings is 1. The summed E-state index contributed by atoms with van der Waals surface area (Å²) >= 11 is 0. The van der Waals surface area contributed by atoms with Gasteiger partial charge in [0.15, 0.2) is 11.5 Å². The summed E-state index contributed by atoms with van der Waals surface area (Å²) < 4.78 is 5.22. The SMILES string of the molecule is CC(=O)c1occc1-c1cc(N)c(CCO)c(CCO)c1N. The zero-order valence-corrected chi connectivity index (χ0v) is 12.4. The Bertz CT molecular complexity index is 692. The van der Waals surface area contributed by atoms with E-state index in [-0.39, 0.29) is 24.8 Å². The number of carbonyl (C=O) groups is 1. The molecule has 0 amide bonds. The number of aliphatic hydroxyl groups excluding tert-OH is 2. The second kappa shape index (κ2) is 6.64. The average Bonchev–Trinajstić information content (AvgIpc) is 2.95. The van der Waals surface area contributed by atoms with Crippen molar-refractivity contribution < 1.29 is 19.4 Å². The lowest BCUT2D eigenvalue weighted by Gasteiger charge is -2.17. The van der Waals surface area contributed by atoms with Gasteiger partial charge in [-0.15, -0.1) is 0 Å². The molecule has 1 heterocycles. The molecular formula is C16H20N2O4. The predicted molar refractivity (Wildman–Crippen MR) is 84.6 cm³/mol. The zero-order chi connectivity index (χ0) is 16.3. The summed E-state index contributed by atoms with van der Waals surface area (Å²) in [4.78, 5) is 11.6. The van der Waals surface area contributed by atoms with E-state index in [9.17, 15) is 15.0 Å². The van der Waals surface area contributed by atoms with E-state index in [1.54, 1.807) is 12.1 Å². The molecule has 0 spiro atoms. The van der Waals surface area contributed by atoms with E-state index in [4.69, 9.17) is 15.9 Å². The van der Waals surface area contributed by atoms with Crippen LogP contribution in [0.15, 0.2) is 22.8 Å². The van der Waals surface area contributed by atoms with Gasteiger partial charge in [-0.05, 0) is 36.1 Å². The standard InChI is InChI=1S/C16H20N2O4/c1-9(21)16-12(4-7-22-16)13-8-14(17)10(2-5-19)11(3-6-20)15(13)18/h4,7-8,19-20H,2-3,5-6,17-18H2,1H3. The maximum Gasteiger partial charge on any atom is 0.195 e. The van der Waals surface area contributed by atoms with Gasteiger partial charge in [0, 0.05) is 42.6 Å². The van der Waals surface area contributed by atoms with Gasteiger partial charge in [-0.25, -0.2) is 0 Å². The molecule has 2 aromatic rings. The Morgan fingerprint density at radius 3 is 2.36 bits per heavy atom. The lowest BCUT2D eigenvalue weighted by Crippen LogP contribution is -2.10. The fourth-order valence-corrected chi connectivity index (χ4v) is 2.64. The van der Waals surface area contributed by atoms with Crippen molar-refractivity contribution in [2.45, 2.75) is 19.8 Å². The maximum absolute atomic E-state index is 11.6. The highest BCUT2D eigenvalue weighted by molar-refractivity contribution is 6.00. The minimum absolute atomic E-state index is 0.0637. The maximum atomic E-state index is 11.6. The first kappa shape index (κ1) is 16.1. The third-order valence-electron chi connectivity index (χ3n) is 3.63. The van der Waals surface area contributed by atoms with E-state index in [1.807, 2.05) is 0 Å². The second-order valence-electron chi connectivity index (χ2n) is 5.05. The number of anilines is 2. The van der Waals surface area contributed by atoms with Gasteiger partial charge < -0.3 is 26.1 Å². The van der Waals surface area contributed by atoms with Gasteiger partial charge in [-0.2, -0.15) is 0 Å². The van der Waals surface area contributed by atoms with Gasteiger partial charge >= 0.3 is 0 Å². The number of nitrogens with two attached hydrogens (primary N) is 2. The number of aliphatic hydroxyl groups is 2. The molecule has 0 saturated heterocycles. The van der Waals surface area contributed by atoms with Gasteiger partial charge in [0.05, 0.1) is 6.26 Å². The lowest BCUT2D eigenvalue weighted by molar-refractivity contribution is 0.0988. The molecule has 6 nitrogen and oxygen atoms in total. The van der Waals surface area contributed by atoms with Crippen LogP contribution in [0.5, 0.6) is 0 Å². The first-order valence-electron chi connectivity index (χ1n) is 7.01. The summed E-state index contributed by atoms with van der Waals surface area (Å²) in [5, 5.41) is 18.4. The summed E-state index contributed by atoms with van der Waals surface area (Å²) in [6, 6.07) is 3.34. The summed E-state index contributed by atoms with van der Waals surface area (Å²) in [7, 11) is 0. The molecule has 22 heavy (non-hydrogen) atoms. The van der Waals surface area contributed by atoms with Gasteiger partial charge in [0.1, 0.15) is 0 Å². The third kappa shape index (κ3) is 2.84. The molecule has 0 aliphatic carbocycles. The number of carbonyl (C=O) groups excluding carboxylic acids is 1. The summed E-state index contributed by atoms with van der Waals surface area (Å²) in [5.41, 5.74) is 15.8. The average molecular weight is 304 g/mol. The molecule has 0 unspecified atom stereocenters. The number of benzene rings is 1. The Hall–Kier alpha value is -2.31. The highest BCUT2D eigenvalue weighted by Crippen LogP contribution is 2.37. The summed E-state index contributed by atoms with van der Waals surface area (Å²) in [6.07, 6.45) is 2.11. The number of nitrogen functional groups attached to an aromatic ring is 2. The molecular weight excluding hydrogens is 284 g/mol. The van der Waals surface area contributed by atoms with Crippen LogP contribution in [0.25, 0.3) is 11.1 Å². The molecule has 0 aliphatic heterocycles. The zero-order valence-electron chi connectivity index (χ0n) is 12.4. The van der Waals surface area contributed by atoms with Crippen molar-refractivity contribution in [1.82, 2.24) is 0 Å². The molecule has 0 bridgehead atoms. The fraction of sp³-hybridized carbons (Fsp3) is 0.312. The van der Waals surface area contributed by atoms with Crippen LogP contribution < -0.4 is 11.5 Å². The Balaban J connectivity index is 2.67. The third-order valence-corrected chi connectivity index (χ3v) is 3.63. The number of Topliss-reactive ketones (excluding diaryl/α,β-unsaturated/α-hetero) is 1. The van der Waals surface area contributed by atoms with Crippen molar-refractivity contribution in [2.24, 2.45) is 0 Å². The molecule has 0 fully saturated rings. The van der Waals surface area contributed by atoms with E-state index >= 15 is 0 Å². The van der Waals surface area contributed by atoms with E-state index in [0.29, 0.717) is 40.9 Å². The van der Waals surface area contributed by atoms with Gasteiger partial charge in [-0.1, -0.05) is 0 Å². The molecule has 0 saturated carbocycles. The van der Waals surface area contributed by atoms with Crippen molar-refractivity contribution >= 4 is 17.2 Å². The van der Waals surface area contributed by atoms with Crippen LogP contribution in [0, 0.1) is 0 Å². The fourth-order valence-electron chi connectivity index (χ4n) is 2.64. The molecule has 2 rings (SSSR count). The van der Waals surface area contributed by atoms with Crippen LogP contribution in [-0.4, -0.2) is 29.2 Å². The van der Waals surface area contributed by atoms with Gasteiger partial charge in [0.2, 0.25) is 0 Å². The Morgan fingerprint density at radius 2 is 1.77 bits per heavy atom. The van der Waals surface area contributed by atoms with Crippen LogP contribution in [-0.2, 0) is 12.8 Å². The van der Waals surface area contributed by atoms with Crippen LogP contribution in [0.1, 0.15) is 28.6 Å². The quantitative estimate of drug-likeness (QED) is 0.472. The number of rotatable bonds is 6. The van der Waals surface area contributed by atoms with Crippen molar-refractivity contribution in [2.75, 3.05) is 24.7 Å². The van der Waals surface area contributed by atoms with Crippen molar-refractivity contribution in [3.05, 3.63) is 35.3 Å². The minimum atomic E-state index is -0.207. The second-order valence-corrected chi connectivity index (χ2v) is 5.05. The topological polar surface area (TPSA) is 123 Å². The monoisotopic (exact) mass is 304 g/mol. The lowest BCUT2D eigenvalue weighted by atomic mass is 9.91. The molecule has 6 heteroatoms. The van der Waals surface area contributed by atoms with Crippen molar-refractivity contribution in [1.29, 1.82) is 0 Å². The number of hydrogen-bond acceptors (Lipinski definition) is 6. The van der Waals surface area contributed by atoms with Crippen LogP contribution >= 0.6 is 0 Å². The van der Waals surface area contributed by atoms with Gasteiger partial charge in [-0.3, -0.25) is 4.79 Å². The normalized spacial score (nSPS) is 10.9. The van der Waals surface area contributed by atoms with Crippen LogP contribution in [0.4, 0.5) is 11.4 Å². The summed E-state index contributed by atoms with van der Waals surface area (Å²) in [6.45, 7) is 1.26. The molecule has 1 aromatic carbocycles. The number of ketones is 1. The molecule has 0 atom stereocenters.